The maximum atomic E-state index is 11.8. The van der Waals surface area contributed by atoms with Crippen molar-refractivity contribution in [3.05, 3.63) is 59.9 Å². The molecule has 4 heteroatoms. The number of para-hydroxylation sites is 1. The molecule has 0 unspecified atom stereocenters. The number of nitrogen functional groups attached to an aromatic ring is 1. The predicted molar refractivity (Wildman–Crippen MR) is 70.6 cm³/mol. The first-order valence-electron chi connectivity index (χ1n) is 5.74. The molecule has 2 aromatic rings. The normalized spacial score (nSPS) is 10.0. The smallest absolute Gasteiger partial charge is 0.224 e. The van der Waals surface area contributed by atoms with E-state index in [2.05, 4.69) is 10.3 Å². The van der Waals surface area contributed by atoms with Crippen LogP contribution in [0.5, 0.6) is 0 Å². The van der Waals surface area contributed by atoms with Gasteiger partial charge in [0.1, 0.15) is 0 Å². The zero-order valence-corrected chi connectivity index (χ0v) is 9.97. The van der Waals surface area contributed by atoms with Crippen molar-refractivity contribution in [2.75, 3.05) is 5.73 Å². The van der Waals surface area contributed by atoms with Crippen molar-refractivity contribution >= 4 is 11.6 Å². The van der Waals surface area contributed by atoms with Gasteiger partial charge in [-0.05, 0) is 23.3 Å². The Hall–Kier alpha value is -2.36. The van der Waals surface area contributed by atoms with Crippen LogP contribution in [0.3, 0.4) is 0 Å². The van der Waals surface area contributed by atoms with E-state index in [0.29, 0.717) is 18.7 Å². The van der Waals surface area contributed by atoms with Crippen molar-refractivity contribution in [3.63, 3.8) is 0 Å². The second kappa shape index (κ2) is 5.82. The molecule has 0 fully saturated rings. The molecule has 0 aliphatic carbocycles. The SMILES string of the molecule is Nc1ccccc1CC(=O)NCc1cccnc1. The first-order valence-corrected chi connectivity index (χ1v) is 5.74. The van der Waals surface area contributed by atoms with Crippen LogP contribution in [0, 0.1) is 0 Å². The minimum absolute atomic E-state index is 0.0447. The highest BCUT2D eigenvalue weighted by atomic mass is 16.1. The van der Waals surface area contributed by atoms with Gasteiger partial charge in [0.05, 0.1) is 6.42 Å². The van der Waals surface area contributed by atoms with Crippen LogP contribution in [0.1, 0.15) is 11.1 Å². The highest BCUT2D eigenvalue weighted by Gasteiger charge is 2.05. The Kier molecular flexibility index (Phi) is 3.91. The molecule has 92 valence electrons. The van der Waals surface area contributed by atoms with E-state index >= 15 is 0 Å². The number of hydrogen-bond acceptors (Lipinski definition) is 3. The van der Waals surface area contributed by atoms with E-state index in [1.165, 1.54) is 0 Å². The number of carbonyl (C=O) groups is 1. The van der Waals surface area contributed by atoms with Crippen LogP contribution in [0.25, 0.3) is 0 Å². The summed E-state index contributed by atoms with van der Waals surface area (Å²) in [5.74, 6) is -0.0447. The van der Waals surface area contributed by atoms with Crippen LogP contribution in [-0.4, -0.2) is 10.9 Å². The van der Waals surface area contributed by atoms with Gasteiger partial charge in [0.2, 0.25) is 5.91 Å². The first-order chi connectivity index (χ1) is 8.75. The van der Waals surface area contributed by atoms with E-state index in [1.807, 2.05) is 30.3 Å². The summed E-state index contributed by atoms with van der Waals surface area (Å²) in [7, 11) is 0. The zero-order valence-electron chi connectivity index (χ0n) is 9.97. The van der Waals surface area contributed by atoms with Crippen molar-refractivity contribution in [3.8, 4) is 0 Å². The summed E-state index contributed by atoms with van der Waals surface area (Å²) in [5.41, 5.74) is 8.26. The Bertz CT molecular complexity index is 526. The quantitative estimate of drug-likeness (QED) is 0.797. The minimum Gasteiger partial charge on any atom is -0.398 e. The summed E-state index contributed by atoms with van der Waals surface area (Å²) in [6.07, 6.45) is 3.74. The fourth-order valence-electron chi connectivity index (χ4n) is 1.63. The van der Waals surface area contributed by atoms with Crippen LogP contribution in [-0.2, 0) is 17.8 Å². The predicted octanol–water partition coefficient (Wildman–Crippen LogP) is 1.52. The molecule has 0 bridgehead atoms. The number of hydrogen-bond donors (Lipinski definition) is 2. The van der Waals surface area contributed by atoms with Gasteiger partial charge >= 0.3 is 0 Å². The first kappa shape index (κ1) is 12.1. The lowest BCUT2D eigenvalue weighted by Crippen LogP contribution is -2.24. The summed E-state index contributed by atoms with van der Waals surface area (Å²) in [5, 5.41) is 2.84. The molecule has 1 heterocycles. The molecule has 1 aromatic carbocycles. The molecule has 0 saturated heterocycles. The zero-order chi connectivity index (χ0) is 12.8. The van der Waals surface area contributed by atoms with Gasteiger partial charge in [-0.15, -0.1) is 0 Å². The van der Waals surface area contributed by atoms with Gasteiger partial charge in [-0.2, -0.15) is 0 Å². The standard InChI is InChI=1S/C14H15N3O/c15-13-6-2-1-5-12(13)8-14(18)17-10-11-4-3-7-16-9-11/h1-7,9H,8,10,15H2,(H,17,18). The largest absolute Gasteiger partial charge is 0.398 e. The summed E-state index contributed by atoms with van der Waals surface area (Å²) in [6.45, 7) is 0.486. The van der Waals surface area contributed by atoms with Crippen molar-refractivity contribution < 1.29 is 4.79 Å². The summed E-state index contributed by atoms with van der Waals surface area (Å²) in [6, 6.07) is 11.1. The van der Waals surface area contributed by atoms with E-state index in [4.69, 9.17) is 5.73 Å². The average Bonchev–Trinajstić information content (AvgIpc) is 2.40. The molecule has 0 spiro atoms. The number of nitrogens with zero attached hydrogens (tertiary/aromatic N) is 1. The van der Waals surface area contributed by atoms with E-state index in [0.717, 1.165) is 11.1 Å². The lowest BCUT2D eigenvalue weighted by atomic mass is 10.1. The van der Waals surface area contributed by atoms with E-state index in [-0.39, 0.29) is 5.91 Å². The molecule has 18 heavy (non-hydrogen) atoms. The Morgan fingerprint density at radius 3 is 2.78 bits per heavy atom. The van der Waals surface area contributed by atoms with E-state index in [1.54, 1.807) is 18.5 Å². The number of carbonyl (C=O) groups excluding carboxylic acids is 1. The molecule has 1 aromatic heterocycles. The second-order valence-corrected chi connectivity index (χ2v) is 4.01. The molecule has 2 rings (SSSR count). The molecule has 0 aliphatic heterocycles. The van der Waals surface area contributed by atoms with Gasteiger partial charge in [0, 0.05) is 24.6 Å². The van der Waals surface area contributed by atoms with E-state index < -0.39 is 0 Å². The molecule has 1 amide bonds. The molecule has 4 nitrogen and oxygen atoms in total. The molecule has 0 radical (unpaired) electrons. The van der Waals surface area contributed by atoms with Gasteiger partial charge in [-0.1, -0.05) is 24.3 Å². The Morgan fingerprint density at radius 2 is 2.06 bits per heavy atom. The van der Waals surface area contributed by atoms with Crippen LogP contribution in [0.2, 0.25) is 0 Å². The number of anilines is 1. The van der Waals surface area contributed by atoms with Crippen LogP contribution in [0.4, 0.5) is 5.69 Å². The second-order valence-electron chi connectivity index (χ2n) is 4.01. The fraction of sp³-hybridized carbons (Fsp3) is 0.143. The number of amides is 1. The number of rotatable bonds is 4. The van der Waals surface area contributed by atoms with Crippen LogP contribution < -0.4 is 11.1 Å². The van der Waals surface area contributed by atoms with E-state index in [9.17, 15) is 4.79 Å². The van der Waals surface area contributed by atoms with Crippen molar-refractivity contribution in [2.45, 2.75) is 13.0 Å². The molecular weight excluding hydrogens is 226 g/mol. The maximum absolute atomic E-state index is 11.8. The average molecular weight is 241 g/mol. The number of aromatic nitrogens is 1. The molecule has 0 aliphatic rings. The van der Waals surface area contributed by atoms with Crippen molar-refractivity contribution in [1.82, 2.24) is 10.3 Å². The maximum Gasteiger partial charge on any atom is 0.224 e. The van der Waals surface area contributed by atoms with Gasteiger partial charge < -0.3 is 11.1 Å². The lowest BCUT2D eigenvalue weighted by molar-refractivity contribution is -0.120. The van der Waals surface area contributed by atoms with Gasteiger partial charge in [-0.25, -0.2) is 0 Å². The molecule has 0 atom stereocenters. The lowest BCUT2D eigenvalue weighted by Gasteiger charge is -2.07. The third-order valence-electron chi connectivity index (χ3n) is 2.62. The Balaban J connectivity index is 1.88. The van der Waals surface area contributed by atoms with Gasteiger partial charge in [0.15, 0.2) is 0 Å². The van der Waals surface area contributed by atoms with Crippen molar-refractivity contribution in [2.24, 2.45) is 0 Å². The summed E-state index contributed by atoms with van der Waals surface area (Å²) >= 11 is 0. The Morgan fingerprint density at radius 1 is 1.22 bits per heavy atom. The number of nitrogens with one attached hydrogen (secondary N) is 1. The third-order valence-corrected chi connectivity index (χ3v) is 2.62. The molecular formula is C14H15N3O. The molecule has 3 N–H and O–H groups in total. The molecule has 0 saturated carbocycles. The summed E-state index contributed by atoms with van der Waals surface area (Å²) in [4.78, 5) is 15.7. The Labute approximate surface area is 106 Å². The van der Waals surface area contributed by atoms with Crippen molar-refractivity contribution in [1.29, 1.82) is 0 Å². The number of benzene rings is 1. The topological polar surface area (TPSA) is 68.0 Å². The fourth-order valence-corrected chi connectivity index (χ4v) is 1.63. The minimum atomic E-state index is -0.0447. The van der Waals surface area contributed by atoms with Crippen LogP contribution >= 0.6 is 0 Å². The van der Waals surface area contributed by atoms with Gasteiger partial charge in [0.25, 0.3) is 0 Å². The monoisotopic (exact) mass is 241 g/mol. The third kappa shape index (κ3) is 3.31. The highest BCUT2D eigenvalue weighted by Crippen LogP contribution is 2.10. The van der Waals surface area contributed by atoms with Crippen LogP contribution in [0.15, 0.2) is 48.8 Å². The summed E-state index contributed by atoms with van der Waals surface area (Å²) < 4.78 is 0. The number of pyridine rings is 1. The highest BCUT2D eigenvalue weighted by molar-refractivity contribution is 5.80. The number of nitrogens with two attached hydrogens (primary N) is 1. The van der Waals surface area contributed by atoms with Gasteiger partial charge in [-0.3, -0.25) is 9.78 Å².